The van der Waals surface area contributed by atoms with Gasteiger partial charge in [0.05, 0.1) is 12.5 Å². The normalized spacial score (nSPS) is 9.91. The van der Waals surface area contributed by atoms with E-state index in [1.165, 1.54) is 4.90 Å². The maximum Gasteiger partial charge on any atom is 0.355 e. The van der Waals surface area contributed by atoms with Crippen molar-refractivity contribution in [1.29, 1.82) is 5.26 Å². The van der Waals surface area contributed by atoms with Gasteiger partial charge in [-0.3, -0.25) is 4.79 Å². The second kappa shape index (κ2) is 7.80. The number of aromatic amines is 1. The standard InChI is InChI=1S/C17H17N3O3/c1-13-5-7-14(8-6-13)20(11-3-9-18)16(21)12-23-17(22)15-4-2-10-19-15/h2,4-8,10,19H,3,11-12H2,1H3. The van der Waals surface area contributed by atoms with Gasteiger partial charge in [0.25, 0.3) is 5.91 Å². The number of anilines is 1. The third kappa shape index (κ3) is 4.45. The number of esters is 1. The van der Waals surface area contributed by atoms with Gasteiger partial charge in [-0.1, -0.05) is 17.7 Å². The van der Waals surface area contributed by atoms with Crippen LogP contribution in [0.4, 0.5) is 5.69 Å². The van der Waals surface area contributed by atoms with E-state index < -0.39 is 5.97 Å². The van der Waals surface area contributed by atoms with E-state index >= 15 is 0 Å². The Morgan fingerprint density at radius 1 is 1.26 bits per heavy atom. The van der Waals surface area contributed by atoms with Crippen molar-refractivity contribution in [2.45, 2.75) is 13.3 Å². The Labute approximate surface area is 134 Å². The Balaban J connectivity index is 2.03. The van der Waals surface area contributed by atoms with E-state index in [1.54, 1.807) is 30.5 Å². The van der Waals surface area contributed by atoms with Crippen LogP contribution < -0.4 is 4.90 Å². The number of hydrogen-bond acceptors (Lipinski definition) is 4. The molecule has 23 heavy (non-hydrogen) atoms. The highest BCUT2D eigenvalue weighted by Gasteiger charge is 2.18. The van der Waals surface area contributed by atoms with Crippen molar-refractivity contribution in [3.63, 3.8) is 0 Å². The number of amides is 1. The first kappa shape index (κ1) is 16.3. The molecule has 0 unspecified atom stereocenters. The highest BCUT2D eigenvalue weighted by molar-refractivity contribution is 5.96. The Morgan fingerprint density at radius 3 is 2.61 bits per heavy atom. The zero-order valence-corrected chi connectivity index (χ0v) is 12.8. The number of nitrogens with zero attached hydrogens (tertiary/aromatic N) is 2. The van der Waals surface area contributed by atoms with Crippen LogP contribution in [-0.2, 0) is 9.53 Å². The third-order valence-corrected chi connectivity index (χ3v) is 3.24. The number of carbonyl (C=O) groups excluding carboxylic acids is 2. The minimum atomic E-state index is -0.590. The molecule has 1 heterocycles. The molecule has 6 heteroatoms. The van der Waals surface area contributed by atoms with E-state index in [-0.39, 0.29) is 31.2 Å². The fourth-order valence-electron chi connectivity index (χ4n) is 2.02. The molecule has 1 aromatic heterocycles. The molecule has 0 aliphatic heterocycles. The maximum absolute atomic E-state index is 12.3. The molecule has 6 nitrogen and oxygen atoms in total. The number of ether oxygens (including phenoxy) is 1. The van der Waals surface area contributed by atoms with Crippen LogP contribution in [-0.4, -0.2) is 30.0 Å². The van der Waals surface area contributed by atoms with Crippen LogP contribution in [0.25, 0.3) is 0 Å². The highest BCUT2D eigenvalue weighted by Crippen LogP contribution is 2.16. The summed E-state index contributed by atoms with van der Waals surface area (Å²) in [4.78, 5) is 28.3. The van der Waals surface area contributed by atoms with Crippen LogP contribution in [0.3, 0.4) is 0 Å². The van der Waals surface area contributed by atoms with Gasteiger partial charge in [-0.2, -0.15) is 5.26 Å². The molecule has 0 saturated heterocycles. The van der Waals surface area contributed by atoms with Crippen molar-refractivity contribution in [3.05, 3.63) is 53.9 Å². The summed E-state index contributed by atoms with van der Waals surface area (Å²) >= 11 is 0. The van der Waals surface area contributed by atoms with E-state index in [9.17, 15) is 9.59 Å². The molecule has 1 N–H and O–H groups in total. The second-order valence-corrected chi connectivity index (χ2v) is 4.95. The minimum Gasteiger partial charge on any atom is -0.451 e. The molecule has 0 aliphatic rings. The SMILES string of the molecule is Cc1ccc(N(CCC#N)C(=O)COC(=O)c2ccc[nH]2)cc1. The molecule has 0 saturated carbocycles. The first-order valence-electron chi connectivity index (χ1n) is 7.16. The van der Waals surface area contributed by atoms with Crippen molar-refractivity contribution in [3.8, 4) is 6.07 Å². The molecule has 2 rings (SSSR count). The first-order chi connectivity index (χ1) is 11.1. The van der Waals surface area contributed by atoms with E-state index in [0.717, 1.165) is 5.56 Å². The average molecular weight is 311 g/mol. The van der Waals surface area contributed by atoms with Gasteiger partial charge in [-0.15, -0.1) is 0 Å². The zero-order chi connectivity index (χ0) is 16.7. The van der Waals surface area contributed by atoms with Crippen molar-refractivity contribution in [2.24, 2.45) is 0 Å². The summed E-state index contributed by atoms with van der Waals surface area (Å²) in [5.74, 6) is -0.962. The van der Waals surface area contributed by atoms with Crippen molar-refractivity contribution in [2.75, 3.05) is 18.1 Å². The van der Waals surface area contributed by atoms with Gasteiger partial charge in [-0.25, -0.2) is 4.79 Å². The van der Waals surface area contributed by atoms with Crippen LogP contribution in [0, 0.1) is 18.3 Å². The lowest BCUT2D eigenvalue weighted by molar-refractivity contribution is -0.121. The van der Waals surface area contributed by atoms with Gasteiger partial charge < -0.3 is 14.6 Å². The molecular formula is C17H17N3O3. The second-order valence-electron chi connectivity index (χ2n) is 4.95. The lowest BCUT2D eigenvalue weighted by Gasteiger charge is -2.21. The summed E-state index contributed by atoms with van der Waals surface area (Å²) < 4.78 is 5.01. The number of aryl methyl sites for hydroxylation is 1. The highest BCUT2D eigenvalue weighted by atomic mass is 16.5. The third-order valence-electron chi connectivity index (χ3n) is 3.24. The molecular weight excluding hydrogens is 294 g/mol. The van der Waals surface area contributed by atoms with Gasteiger partial charge >= 0.3 is 5.97 Å². The molecule has 1 aromatic carbocycles. The summed E-state index contributed by atoms with van der Waals surface area (Å²) in [6.07, 6.45) is 1.80. The van der Waals surface area contributed by atoms with Gasteiger partial charge in [0.2, 0.25) is 0 Å². The average Bonchev–Trinajstić information content (AvgIpc) is 3.09. The number of nitriles is 1. The van der Waals surface area contributed by atoms with Gasteiger partial charge in [0.15, 0.2) is 6.61 Å². The number of hydrogen-bond donors (Lipinski definition) is 1. The quantitative estimate of drug-likeness (QED) is 0.830. The van der Waals surface area contributed by atoms with Crippen molar-refractivity contribution >= 4 is 17.6 Å². The summed E-state index contributed by atoms with van der Waals surface area (Å²) in [6, 6.07) is 12.6. The van der Waals surface area contributed by atoms with Crippen molar-refractivity contribution in [1.82, 2.24) is 4.98 Å². The molecule has 1 amide bonds. The smallest absolute Gasteiger partial charge is 0.355 e. The summed E-state index contributed by atoms with van der Waals surface area (Å²) in [5, 5.41) is 8.75. The van der Waals surface area contributed by atoms with Crippen LogP contribution in [0.5, 0.6) is 0 Å². The Bertz CT molecular complexity index is 700. The minimum absolute atomic E-state index is 0.199. The molecule has 118 valence electrons. The molecule has 0 bridgehead atoms. The number of benzene rings is 1. The Morgan fingerprint density at radius 2 is 2.00 bits per heavy atom. The monoisotopic (exact) mass is 311 g/mol. The predicted molar refractivity (Wildman–Crippen MR) is 84.8 cm³/mol. The van der Waals surface area contributed by atoms with Crippen LogP contribution in [0.2, 0.25) is 0 Å². The fourth-order valence-corrected chi connectivity index (χ4v) is 2.02. The number of H-pyrrole nitrogens is 1. The number of nitrogens with one attached hydrogen (secondary N) is 1. The number of rotatable bonds is 6. The van der Waals surface area contributed by atoms with Gasteiger partial charge in [0.1, 0.15) is 5.69 Å². The lowest BCUT2D eigenvalue weighted by atomic mass is 10.2. The van der Waals surface area contributed by atoms with Crippen molar-refractivity contribution < 1.29 is 14.3 Å². The Kier molecular flexibility index (Phi) is 5.53. The molecule has 0 atom stereocenters. The molecule has 0 fully saturated rings. The number of carbonyl (C=O) groups is 2. The Hall–Kier alpha value is -3.07. The van der Waals surface area contributed by atoms with Gasteiger partial charge in [0, 0.05) is 18.4 Å². The largest absolute Gasteiger partial charge is 0.451 e. The van der Waals surface area contributed by atoms with E-state index in [2.05, 4.69) is 4.98 Å². The fraction of sp³-hybridized carbons (Fsp3) is 0.235. The maximum atomic E-state index is 12.3. The van der Waals surface area contributed by atoms with Crippen LogP contribution in [0.15, 0.2) is 42.6 Å². The summed E-state index contributed by atoms with van der Waals surface area (Å²) in [6.45, 7) is 1.82. The van der Waals surface area contributed by atoms with E-state index in [4.69, 9.17) is 10.00 Å². The molecule has 0 spiro atoms. The summed E-state index contributed by atoms with van der Waals surface area (Å²) in [5.41, 5.74) is 2.03. The van der Waals surface area contributed by atoms with Crippen LogP contribution >= 0.6 is 0 Å². The molecule has 0 aliphatic carbocycles. The van der Waals surface area contributed by atoms with Gasteiger partial charge in [-0.05, 0) is 31.2 Å². The predicted octanol–water partition coefficient (Wildman–Crippen LogP) is 2.43. The summed E-state index contributed by atoms with van der Waals surface area (Å²) in [7, 11) is 0. The molecule has 0 radical (unpaired) electrons. The zero-order valence-electron chi connectivity index (χ0n) is 12.8. The lowest BCUT2D eigenvalue weighted by Crippen LogP contribution is -2.35. The van der Waals surface area contributed by atoms with Crippen LogP contribution in [0.1, 0.15) is 22.5 Å². The van der Waals surface area contributed by atoms with E-state index in [0.29, 0.717) is 5.69 Å². The van der Waals surface area contributed by atoms with E-state index in [1.807, 2.05) is 25.1 Å². The first-order valence-corrected chi connectivity index (χ1v) is 7.16. The number of aromatic nitrogens is 1. The topological polar surface area (TPSA) is 86.2 Å². The molecule has 2 aromatic rings.